The zero-order valence-corrected chi connectivity index (χ0v) is 12.7. The van der Waals surface area contributed by atoms with Crippen LogP contribution in [0.3, 0.4) is 0 Å². The first kappa shape index (κ1) is 15.2. The molecule has 3 N–H and O–H groups in total. The molecule has 0 spiro atoms. The minimum atomic E-state index is -0.147. The third kappa shape index (κ3) is 3.47. The highest BCUT2D eigenvalue weighted by atomic mass is 16.1. The molecule has 1 amide bonds. The molecule has 0 radical (unpaired) electrons. The zero-order chi connectivity index (χ0) is 15.5. The van der Waals surface area contributed by atoms with Gasteiger partial charge in [-0.25, -0.2) is 0 Å². The molecule has 0 fully saturated rings. The molecular formula is C17H21N3O. The Kier molecular flexibility index (Phi) is 4.38. The van der Waals surface area contributed by atoms with E-state index in [-0.39, 0.29) is 11.3 Å². The van der Waals surface area contributed by atoms with E-state index in [4.69, 9.17) is 5.73 Å². The summed E-state index contributed by atoms with van der Waals surface area (Å²) in [5.41, 5.74) is 8.93. The van der Waals surface area contributed by atoms with Crippen LogP contribution in [0.25, 0.3) is 0 Å². The number of benzene rings is 1. The smallest absolute Gasteiger partial charge is 0.257 e. The van der Waals surface area contributed by atoms with E-state index < -0.39 is 0 Å². The Hall–Kier alpha value is -2.20. The van der Waals surface area contributed by atoms with E-state index in [2.05, 4.69) is 24.1 Å². The molecule has 4 nitrogen and oxygen atoms in total. The Labute approximate surface area is 125 Å². The Morgan fingerprint density at radius 1 is 1.24 bits per heavy atom. The predicted octanol–water partition coefficient (Wildman–Crippen LogP) is 2.88. The maximum atomic E-state index is 12.2. The van der Waals surface area contributed by atoms with E-state index >= 15 is 0 Å². The van der Waals surface area contributed by atoms with Crippen molar-refractivity contribution < 1.29 is 4.79 Å². The van der Waals surface area contributed by atoms with Crippen LogP contribution in [0.4, 0.5) is 5.69 Å². The summed E-state index contributed by atoms with van der Waals surface area (Å²) in [4.78, 5) is 16.3. The largest absolute Gasteiger partial charge is 0.330 e. The summed E-state index contributed by atoms with van der Waals surface area (Å²) in [5, 5.41) is 2.89. The molecule has 2 aromatic rings. The maximum Gasteiger partial charge on any atom is 0.257 e. The first-order valence-corrected chi connectivity index (χ1v) is 6.97. The second kappa shape index (κ2) is 6.06. The van der Waals surface area contributed by atoms with Crippen LogP contribution < -0.4 is 11.1 Å². The zero-order valence-electron chi connectivity index (χ0n) is 12.7. The number of hydrogen-bond acceptors (Lipinski definition) is 3. The molecule has 1 aromatic carbocycles. The van der Waals surface area contributed by atoms with Crippen LogP contribution in [-0.2, 0) is 5.41 Å². The van der Waals surface area contributed by atoms with Gasteiger partial charge in [0.2, 0.25) is 0 Å². The Balaban J connectivity index is 2.14. The van der Waals surface area contributed by atoms with Gasteiger partial charge in [0.05, 0.1) is 5.56 Å². The SMILES string of the molecule is Cc1ncccc1C(=O)Nc1ccc(C(C)(C)CN)cc1. The molecule has 0 bridgehead atoms. The van der Waals surface area contributed by atoms with Crippen molar-refractivity contribution in [1.82, 2.24) is 4.98 Å². The number of nitrogens with two attached hydrogens (primary N) is 1. The number of hydrogen-bond donors (Lipinski definition) is 2. The average Bonchev–Trinajstić information content (AvgIpc) is 2.48. The Morgan fingerprint density at radius 2 is 1.90 bits per heavy atom. The van der Waals surface area contributed by atoms with Gasteiger partial charge in [0, 0.05) is 29.5 Å². The first-order valence-electron chi connectivity index (χ1n) is 6.97. The first-order chi connectivity index (χ1) is 9.94. The number of nitrogens with zero attached hydrogens (tertiary/aromatic N) is 1. The lowest BCUT2D eigenvalue weighted by atomic mass is 9.85. The molecule has 4 heteroatoms. The quantitative estimate of drug-likeness (QED) is 0.906. The van der Waals surface area contributed by atoms with Crippen LogP contribution >= 0.6 is 0 Å². The van der Waals surface area contributed by atoms with E-state index in [0.717, 1.165) is 16.9 Å². The molecule has 0 atom stereocenters. The average molecular weight is 283 g/mol. The van der Waals surface area contributed by atoms with Crippen molar-refractivity contribution in [2.45, 2.75) is 26.2 Å². The highest BCUT2D eigenvalue weighted by Gasteiger charge is 2.18. The number of amides is 1. The molecule has 2 rings (SSSR count). The number of aryl methyl sites for hydroxylation is 1. The highest BCUT2D eigenvalue weighted by molar-refractivity contribution is 6.04. The summed E-state index contributed by atoms with van der Waals surface area (Å²) in [5.74, 6) is -0.147. The predicted molar refractivity (Wildman–Crippen MR) is 85.4 cm³/mol. The van der Waals surface area contributed by atoms with Crippen LogP contribution in [0.15, 0.2) is 42.6 Å². The molecule has 0 aliphatic heterocycles. The summed E-state index contributed by atoms with van der Waals surface area (Å²) in [6.45, 7) is 6.59. The van der Waals surface area contributed by atoms with Crippen molar-refractivity contribution >= 4 is 11.6 Å². The minimum Gasteiger partial charge on any atom is -0.330 e. The lowest BCUT2D eigenvalue weighted by Crippen LogP contribution is -2.28. The van der Waals surface area contributed by atoms with Crippen molar-refractivity contribution in [3.63, 3.8) is 0 Å². The van der Waals surface area contributed by atoms with Gasteiger partial charge in [0.25, 0.3) is 5.91 Å². The van der Waals surface area contributed by atoms with E-state index in [9.17, 15) is 4.79 Å². The number of nitrogens with one attached hydrogen (secondary N) is 1. The Morgan fingerprint density at radius 3 is 2.48 bits per heavy atom. The van der Waals surface area contributed by atoms with Gasteiger partial charge in [0.1, 0.15) is 0 Å². The van der Waals surface area contributed by atoms with Crippen molar-refractivity contribution in [1.29, 1.82) is 0 Å². The fraction of sp³-hybridized carbons (Fsp3) is 0.294. The molecule has 110 valence electrons. The van der Waals surface area contributed by atoms with Gasteiger partial charge in [-0.05, 0) is 36.8 Å². The van der Waals surface area contributed by atoms with Gasteiger partial charge in [-0.3, -0.25) is 9.78 Å². The maximum absolute atomic E-state index is 12.2. The lowest BCUT2D eigenvalue weighted by molar-refractivity contribution is 0.102. The van der Waals surface area contributed by atoms with Crippen molar-refractivity contribution in [3.05, 3.63) is 59.4 Å². The van der Waals surface area contributed by atoms with Crippen molar-refractivity contribution in [2.75, 3.05) is 11.9 Å². The van der Waals surface area contributed by atoms with Gasteiger partial charge in [-0.15, -0.1) is 0 Å². The number of aromatic nitrogens is 1. The molecule has 21 heavy (non-hydrogen) atoms. The topological polar surface area (TPSA) is 68.0 Å². The number of rotatable bonds is 4. The van der Waals surface area contributed by atoms with E-state index in [1.807, 2.05) is 31.2 Å². The minimum absolute atomic E-state index is 0.0670. The van der Waals surface area contributed by atoms with E-state index in [1.54, 1.807) is 18.3 Å². The van der Waals surface area contributed by atoms with Gasteiger partial charge in [-0.1, -0.05) is 26.0 Å². The summed E-state index contributed by atoms with van der Waals surface area (Å²) >= 11 is 0. The molecule has 1 aromatic heterocycles. The summed E-state index contributed by atoms with van der Waals surface area (Å²) in [6, 6.07) is 11.3. The van der Waals surface area contributed by atoms with Crippen LogP contribution in [0, 0.1) is 6.92 Å². The summed E-state index contributed by atoms with van der Waals surface area (Å²) in [7, 11) is 0. The molecule has 0 unspecified atom stereocenters. The number of carbonyl (C=O) groups is 1. The van der Waals surface area contributed by atoms with Crippen molar-refractivity contribution in [2.24, 2.45) is 5.73 Å². The fourth-order valence-corrected chi connectivity index (χ4v) is 2.05. The molecule has 0 aliphatic rings. The lowest BCUT2D eigenvalue weighted by Gasteiger charge is -2.23. The fourth-order valence-electron chi connectivity index (χ4n) is 2.05. The molecule has 0 saturated carbocycles. The van der Waals surface area contributed by atoms with Crippen molar-refractivity contribution in [3.8, 4) is 0 Å². The van der Waals surface area contributed by atoms with E-state index in [0.29, 0.717) is 12.1 Å². The van der Waals surface area contributed by atoms with Gasteiger partial charge in [-0.2, -0.15) is 0 Å². The monoisotopic (exact) mass is 283 g/mol. The molecule has 0 aliphatic carbocycles. The third-order valence-corrected chi connectivity index (χ3v) is 3.69. The molecule has 1 heterocycles. The van der Waals surface area contributed by atoms with Crippen LogP contribution in [-0.4, -0.2) is 17.4 Å². The van der Waals surface area contributed by atoms with Gasteiger partial charge < -0.3 is 11.1 Å². The summed E-state index contributed by atoms with van der Waals surface area (Å²) in [6.07, 6.45) is 1.68. The number of carbonyl (C=O) groups excluding carboxylic acids is 1. The van der Waals surface area contributed by atoms with Crippen LogP contribution in [0.2, 0.25) is 0 Å². The molecule has 0 saturated heterocycles. The highest BCUT2D eigenvalue weighted by Crippen LogP contribution is 2.23. The second-order valence-corrected chi connectivity index (χ2v) is 5.76. The van der Waals surface area contributed by atoms with Crippen LogP contribution in [0.1, 0.15) is 35.5 Å². The normalized spacial score (nSPS) is 11.2. The second-order valence-electron chi connectivity index (χ2n) is 5.76. The Bertz CT molecular complexity index is 633. The standard InChI is InChI=1S/C17H21N3O/c1-12-15(5-4-10-19-12)16(21)20-14-8-6-13(7-9-14)17(2,3)11-18/h4-10H,11,18H2,1-3H3,(H,20,21). The third-order valence-electron chi connectivity index (χ3n) is 3.69. The number of anilines is 1. The molecular weight excluding hydrogens is 262 g/mol. The van der Waals surface area contributed by atoms with Crippen LogP contribution in [0.5, 0.6) is 0 Å². The summed E-state index contributed by atoms with van der Waals surface area (Å²) < 4.78 is 0. The van der Waals surface area contributed by atoms with Gasteiger partial charge >= 0.3 is 0 Å². The van der Waals surface area contributed by atoms with Gasteiger partial charge in [0.15, 0.2) is 0 Å². The van der Waals surface area contributed by atoms with E-state index in [1.165, 1.54) is 0 Å². The number of pyridine rings is 1.